The van der Waals surface area contributed by atoms with E-state index in [0.717, 1.165) is 19.3 Å². The molecule has 0 aliphatic carbocycles. The van der Waals surface area contributed by atoms with Crippen molar-refractivity contribution in [2.24, 2.45) is 0 Å². The number of nitrogens with one attached hydrogen (secondary N) is 1. The van der Waals surface area contributed by atoms with E-state index in [2.05, 4.69) is 9.61 Å². The molecule has 23 heavy (non-hydrogen) atoms. The van der Waals surface area contributed by atoms with E-state index in [1.54, 1.807) is 18.2 Å². The van der Waals surface area contributed by atoms with Crippen LogP contribution in [0.2, 0.25) is 0 Å². The summed E-state index contributed by atoms with van der Waals surface area (Å²) in [4.78, 5) is 23.9. The Kier molecular flexibility index (Phi) is 9.05. The summed E-state index contributed by atoms with van der Waals surface area (Å²) in [5.41, 5.74) is 0.309. The van der Waals surface area contributed by atoms with E-state index in [1.165, 1.54) is 6.07 Å². The van der Waals surface area contributed by atoms with Gasteiger partial charge in [0.05, 0.1) is 0 Å². The summed E-state index contributed by atoms with van der Waals surface area (Å²) >= 11 is 5.12. The van der Waals surface area contributed by atoms with Crippen LogP contribution < -0.4 is 10.1 Å². The van der Waals surface area contributed by atoms with Gasteiger partial charge in [-0.15, -0.1) is 0 Å². The summed E-state index contributed by atoms with van der Waals surface area (Å²) < 4.78 is 21.5. The first-order valence-electron chi connectivity index (χ1n) is 7.54. The fourth-order valence-corrected chi connectivity index (χ4v) is 2.13. The van der Waals surface area contributed by atoms with Crippen molar-refractivity contribution in [3.8, 4) is 5.75 Å². The van der Waals surface area contributed by atoms with Crippen LogP contribution in [0.4, 0.5) is 4.39 Å². The van der Waals surface area contributed by atoms with Crippen LogP contribution >= 0.6 is 11.9 Å². The lowest BCUT2D eigenvalue weighted by atomic mass is 10.1. The third-order valence-electron chi connectivity index (χ3n) is 3.20. The van der Waals surface area contributed by atoms with Gasteiger partial charge in [0.2, 0.25) is 0 Å². The summed E-state index contributed by atoms with van der Waals surface area (Å²) in [6.45, 7) is 1.34. The molecule has 1 N–H and O–H groups in total. The molecule has 1 rings (SSSR count). The summed E-state index contributed by atoms with van der Waals surface area (Å²) in [5.74, 6) is -0.752. The molecule has 0 aliphatic heterocycles. The molecule has 0 unspecified atom stereocenters. The number of halogens is 2. The van der Waals surface area contributed by atoms with E-state index in [0.29, 0.717) is 17.7 Å². The minimum atomic E-state index is -0.804. The van der Waals surface area contributed by atoms with Crippen LogP contribution in [0.25, 0.3) is 0 Å². The molecule has 0 aliphatic rings. The molecule has 5 nitrogen and oxygen atoms in total. The Morgan fingerprint density at radius 3 is 2.78 bits per heavy atom. The predicted molar refractivity (Wildman–Crippen MR) is 85.3 cm³/mol. The van der Waals surface area contributed by atoms with Gasteiger partial charge in [-0.25, -0.2) is 9.18 Å². The van der Waals surface area contributed by atoms with Crippen LogP contribution in [0.5, 0.6) is 5.75 Å². The average molecular weight is 346 g/mol. The molecule has 1 aromatic rings. The summed E-state index contributed by atoms with van der Waals surface area (Å²) in [5, 5.41) is 2.60. The first-order valence-corrected chi connectivity index (χ1v) is 7.85. The zero-order valence-corrected chi connectivity index (χ0v) is 13.8. The second-order valence-electron chi connectivity index (χ2n) is 4.98. The number of hydrogen-bond acceptors (Lipinski definition) is 4. The summed E-state index contributed by atoms with van der Waals surface area (Å²) in [7, 11) is 0. The number of carbonyl (C=O) groups excluding carboxylic acids is 2. The Hall–Kier alpha value is -1.82. The highest BCUT2D eigenvalue weighted by Gasteiger charge is 2.22. The molecule has 7 heteroatoms. The zero-order valence-electron chi connectivity index (χ0n) is 13.0. The molecule has 0 saturated carbocycles. The number of carbonyl (C=O) groups is 2. The second kappa shape index (κ2) is 10.8. The first-order chi connectivity index (χ1) is 11.1. The number of rotatable bonds is 10. The van der Waals surface area contributed by atoms with Crippen LogP contribution in [-0.4, -0.2) is 31.2 Å². The number of alkyl halides is 1. The van der Waals surface area contributed by atoms with Crippen LogP contribution in [0.1, 0.15) is 43.0 Å². The van der Waals surface area contributed by atoms with E-state index in [1.807, 2.05) is 6.92 Å². The maximum Gasteiger partial charge on any atom is 0.346 e. The SMILES string of the molecule is CCCCC[C@H](NC(=O)c1cccc(OCCF)c1)C(=O)OCl. The normalized spacial score (nSPS) is 11.6. The van der Waals surface area contributed by atoms with Crippen LogP contribution in [-0.2, 0) is 9.08 Å². The lowest BCUT2D eigenvalue weighted by Crippen LogP contribution is -2.41. The van der Waals surface area contributed by atoms with Crippen molar-refractivity contribution < 1.29 is 23.0 Å². The minimum absolute atomic E-state index is 0.0801. The molecule has 0 aromatic heterocycles. The fourth-order valence-electron chi connectivity index (χ4n) is 2.03. The Morgan fingerprint density at radius 2 is 2.13 bits per heavy atom. The molecule has 0 heterocycles. The van der Waals surface area contributed by atoms with Crippen molar-refractivity contribution in [1.82, 2.24) is 5.32 Å². The number of benzene rings is 1. The van der Waals surface area contributed by atoms with Crippen molar-refractivity contribution in [2.45, 2.75) is 38.6 Å². The standard InChI is InChI=1S/C16H21ClFNO4/c1-2-3-4-8-14(16(21)23-17)19-15(20)12-6-5-7-13(11-12)22-10-9-18/h5-7,11,14H,2-4,8-10H2,1H3,(H,19,20)/t14-/m0/s1. The van der Waals surface area contributed by atoms with E-state index in [-0.39, 0.29) is 6.61 Å². The average Bonchev–Trinajstić information content (AvgIpc) is 2.58. The fraction of sp³-hybridized carbons (Fsp3) is 0.500. The van der Waals surface area contributed by atoms with Crippen LogP contribution in [0.3, 0.4) is 0 Å². The Morgan fingerprint density at radius 1 is 1.35 bits per heavy atom. The number of amides is 1. The molecular weight excluding hydrogens is 325 g/mol. The predicted octanol–water partition coefficient (Wildman–Crippen LogP) is 3.41. The van der Waals surface area contributed by atoms with Crippen molar-refractivity contribution in [1.29, 1.82) is 0 Å². The van der Waals surface area contributed by atoms with Gasteiger partial charge in [0, 0.05) is 5.56 Å². The van der Waals surface area contributed by atoms with Crippen molar-refractivity contribution in [3.05, 3.63) is 29.8 Å². The maximum absolute atomic E-state index is 12.2. The minimum Gasteiger partial charge on any atom is -0.491 e. The molecule has 0 radical (unpaired) electrons. The second-order valence-corrected chi connectivity index (χ2v) is 5.14. The van der Waals surface area contributed by atoms with Gasteiger partial charge >= 0.3 is 5.97 Å². The highest BCUT2D eigenvalue weighted by molar-refractivity contribution is 6.14. The summed E-state index contributed by atoms with van der Waals surface area (Å²) in [6.07, 6.45) is 3.15. The molecule has 1 atom stereocenters. The van der Waals surface area contributed by atoms with Gasteiger partial charge in [-0.3, -0.25) is 4.79 Å². The van der Waals surface area contributed by atoms with Gasteiger partial charge in [0.25, 0.3) is 5.91 Å². The highest BCUT2D eigenvalue weighted by Crippen LogP contribution is 2.14. The molecule has 0 fully saturated rings. The zero-order chi connectivity index (χ0) is 17.1. The smallest absolute Gasteiger partial charge is 0.346 e. The van der Waals surface area contributed by atoms with Gasteiger partial charge in [0.15, 0.2) is 0 Å². The van der Waals surface area contributed by atoms with Crippen molar-refractivity contribution >= 4 is 23.7 Å². The van der Waals surface area contributed by atoms with Gasteiger partial charge < -0.3 is 14.3 Å². The summed E-state index contributed by atoms with van der Waals surface area (Å²) in [6, 6.07) is 5.50. The molecule has 128 valence electrons. The quantitative estimate of drug-likeness (QED) is 0.660. The van der Waals surface area contributed by atoms with E-state index in [9.17, 15) is 14.0 Å². The van der Waals surface area contributed by atoms with Crippen molar-refractivity contribution in [2.75, 3.05) is 13.3 Å². The van der Waals surface area contributed by atoms with Gasteiger partial charge in [-0.1, -0.05) is 32.3 Å². The van der Waals surface area contributed by atoms with Crippen LogP contribution in [0.15, 0.2) is 24.3 Å². The third kappa shape index (κ3) is 6.86. The lowest BCUT2D eigenvalue weighted by molar-refractivity contribution is -0.136. The van der Waals surface area contributed by atoms with Gasteiger partial charge in [0.1, 0.15) is 36.9 Å². The Bertz CT molecular complexity index is 513. The maximum atomic E-state index is 12.2. The monoisotopic (exact) mass is 345 g/mol. The highest BCUT2D eigenvalue weighted by atomic mass is 35.5. The lowest BCUT2D eigenvalue weighted by Gasteiger charge is -2.15. The largest absolute Gasteiger partial charge is 0.491 e. The molecule has 1 amide bonds. The number of hydrogen-bond donors (Lipinski definition) is 1. The van der Waals surface area contributed by atoms with Crippen LogP contribution in [0, 0.1) is 0 Å². The Balaban J connectivity index is 2.71. The molecule has 1 aromatic carbocycles. The number of ether oxygens (including phenoxy) is 1. The number of unbranched alkanes of at least 4 members (excludes halogenated alkanes) is 2. The molecule has 0 spiro atoms. The van der Waals surface area contributed by atoms with Crippen molar-refractivity contribution in [3.63, 3.8) is 0 Å². The molecular formula is C16H21ClFNO4. The topological polar surface area (TPSA) is 64.6 Å². The van der Waals surface area contributed by atoms with Gasteiger partial charge in [-0.2, -0.15) is 0 Å². The third-order valence-corrected chi connectivity index (χ3v) is 3.36. The van der Waals surface area contributed by atoms with Gasteiger partial charge in [-0.05, 0) is 24.6 Å². The molecule has 0 bridgehead atoms. The first kappa shape index (κ1) is 19.2. The van der Waals surface area contributed by atoms with E-state index < -0.39 is 24.6 Å². The van der Waals surface area contributed by atoms with E-state index >= 15 is 0 Å². The Labute approximate surface area is 140 Å². The van der Waals surface area contributed by atoms with E-state index in [4.69, 9.17) is 16.6 Å². The molecule has 0 saturated heterocycles.